The van der Waals surface area contributed by atoms with E-state index in [1.165, 1.54) is 12.8 Å². The fraction of sp³-hybridized carbons (Fsp3) is 0.400. The van der Waals surface area contributed by atoms with Gasteiger partial charge in [0, 0.05) is 17.8 Å². The lowest BCUT2D eigenvalue weighted by molar-refractivity contribution is 0.0964. The number of para-hydroxylation sites is 1. The second-order valence-corrected chi connectivity index (χ2v) is 4.92. The fourth-order valence-corrected chi connectivity index (χ4v) is 2.63. The molecule has 1 saturated heterocycles. The fourth-order valence-electron chi connectivity index (χ4n) is 2.63. The van der Waals surface area contributed by atoms with Gasteiger partial charge in [0.25, 0.3) is 0 Å². The second-order valence-electron chi connectivity index (χ2n) is 4.92. The van der Waals surface area contributed by atoms with E-state index in [9.17, 15) is 4.79 Å². The standard InChI is InChI=1S/C15H17NO2/c17-14(9-11-5-3-4-8-16-11)13-10-18-15-7-2-1-6-12(13)15/h1-2,6-7,10-11,16H,3-5,8-9H2. The van der Waals surface area contributed by atoms with Crippen molar-refractivity contribution in [1.82, 2.24) is 5.32 Å². The van der Waals surface area contributed by atoms with Crippen LogP contribution in [0.25, 0.3) is 11.0 Å². The van der Waals surface area contributed by atoms with Gasteiger partial charge in [-0.25, -0.2) is 0 Å². The Morgan fingerprint density at radius 3 is 3.06 bits per heavy atom. The summed E-state index contributed by atoms with van der Waals surface area (Å²) in [5.74, 6) is 0.180. The summed E-state index contributed by atoms with van der Waals surface area (Å²) in [5.41, 5.74) is 1.51. The zero-order valence-corrected chi connectivity index (χ0v) is 10.3. The molecule has 2 heterocycles. The minimum absolute atomic E-state index is 0.180. The van der Waals surface area contributed by atoms with Gasteiger partial charge in [-0.1, -0.05) is 24.6 Å². The van der Waals surface area contributed by atoms with E-state index in [2.05, 4.69) is 5.32 Å². The van der Waals surface area contributed by atoms with Crippen LogP contribution in [0.4, 0.5) is 0 Å². The molecule has 0 amide bonds. The van der Waals surface area contributed by atoms with Crippen molar-refractivity contribution in [2.45, 2.75) is 31.7 Å². The van der Waals surface area contributed by atoms with Crippen LogP contribution in [0.3, 0.4) is 0 Å². The highest BCUT2D eigenvalue weighted by molar-refractivity contribution is 6.07. The van der Waals surface area contributed by atoms with Crippen molar-refractivity contribution >= 4 is 16.8 Å². The minimum atomic E-state index is 0.180. The topological polar surface area (TPSA) is 42.2 Å². The number of carbonyl (C=O) groups excluding carboxylic acids is 1. The van der Waals surface area contributed by atoms with Gasteiger partial charge in [0.15, 0.2) is 5.78 Å². The molecule has 1 atom stereocenters. The SMILES string of the molecule is O=C(CC1CCCCN1)c1coc2ccccc12. The van der Waals surface area contributed by atoms with Crippen molar-refractivity contribution in [3.8, 4) is 0 Å². The van der Waals surface area contributed by atoms with Crippen LogP contribution in [0.15, 0.2) is 34.9 Å². The van der Waals surface area contributed by atoms with E-state index in [0.717, 1.165) is 29.5 Å². The smallest absolute Gasteiger partial charge is 0.168 e. The Kier molecular flexibility index (Phi) is 3.15. The summed E-state index contributed by atoms with van der Waals surface area (Å²) in [6.07, 6.45) is 5.71. The maximum absolute atomic E-state index is 12.3. The molecule has 1 aliphatic heterocycles. The van der Waals surface area contributed by atoms with E-state index < -0.39 is 0 Å². The molecule has 1 unspecified atom stereocenters. The third kappa shape index (κ3) is 2.18. The van der Waals surface area contributed by atoms with Gasteiger partial charge in [0.1, 0.15) is 11.8 Å². The van der Waals surface area contributed by atoms with Crippen molar-refractivity contribution in [3.05, 3.63) is 36.1 Å². The van der Waals surface area contributed by atoms with Gasteiger partial charge >= 0.3 is 0 Å². The zero-order valence-electron chi connectivity index (χ0n) is 10.3. The number of fused-ring (bicyclic) bond motifs is 1. The summed E-state index contributed by atoms with van der Waals surface area (Å²) < 4.78 is 5.42. The summed E-state index contributed by atoms with van der Waals surface area (Å²) in [5, 5.41) is 4.34. The first kappa shape index (κ1) is 11.5. The lowest BCUT2D eigenvalue weighted by Crippen LogP contribution is -2.35. The molecule has 3 heteroatoms. The molecule has 0 saturated carbocycles. The molecule has 0 aliphatic carbocycles. The molecule has 1 aromatic carbocycles. The second kappa shape index (κ2) is 4.94. The summed E-state index contributed by atoms with van der Waals surface area (Å²) in [7, 11) is 0. The molecule has 1 N–H and O–H groups in total. The molecule has 1 aliphatic rings. The zero-order chi connectivity index (χ0) is 12.4. The number of nitrogens with one attached hydrogen (secondary N) is 1. The molecule has 2 aromatic rings. The summed E-state index contributed by atoms with van der Waals surface area (Å²) in [6.45, 7) is 1.03. The molecule has 18 heavy (non-hydrogen) atoms. The van der Waals surface area contributed by atoms with Gasteiger partial charge in [0.2, 0.25) is 0 Å². The van der Waals surface area contributed by atoms with E-state index in [0.29, 0.717) is 12.5 Å². The Hall–Kier alpha value is -1.61. The predicted octanol–water partition coefficient (Wildman–Crippen LogP) is 3.15. The van der Waals surface area contributed by atoms with E-state index >= 15 is 0 Å². The van der Waals surface area contributed by atoms with Crippen LogP contribution in [0.5, 0.6) is 0 Å². The quantitative estimate of drug-likeness (QED) is 0.842. The molecule has 0 spiro atoms. The lowest BCUT2D eigenvalue weighted by atomic mass is 9.97. The highest BCUT2D eigenvalue weighted by Gasteiger charge is 2.20. The molecular formula is C15H17NO2. The summed E-state index contributed by atoms with van der Waals surface area (Å²) in [6, 6.07) is 8.03. The van der Waals surface area contributed by atoms with Gasteiger partial charge in [0.05, 0.1) is 5.56 Å². The first-order valence-electron chi connectivity index (χ1n) is 6.57. The number of hydrogen-bond acceptors (Lipinski definition) is 3. The number of benzene rings is 1. The van der Waals surface area contributed by atoms with Crippen LogP contribution in [-0.4, -0.2) is 18.4 Å². The van der Waals surface area contributed by atoms with Crippen LogP contribution in [0.1, 0.15) is 36.0 Å². The third-order valence-electron chi connectivity index (χ3n) is 3.63. The molecule has 94 valence electrons. The third-order valence-corrected chi connectivity index (χ3v) is 3.63. The molecular weight excluding hydrogens is 226 g/mol. The van der Waals surface area contributed by atoms with Crippen molar-refractivity contribution in [2.24, 2.45) is 0 Å². The average molecular weight is 243 g/mol. The molecule has 3 rings (SSSR count). The Balaban J connectivity index is 1.79. The van der Waals surface area contributed by atoms with Gasteiger partial charge in [-0.3, -0.25) is 4.79 Å². The Labute approximate surface area is 106 Å². The van der Waals surface area contributed by atoms with E-state index in [4.69, 9.17) is 4.42 Å². The number of Topliss-reactive ketones (excluding diaryl/α,β-unsaturated/α-hetero) is 1. The Morgan fingerprint density at radius 2 is 2.22 bits per heavy atom. The van der Waals surface area contributed by atoms with E-state index in [1.807, 2.05) is 24.3 Å². The normalized spacial score (nSPS) is 20.1. The lowest BCUT2D eigenvalue weighted by Gasteiger charge is -2.22. The summed E-state index contributed by atoms with van der Waals surface area (Å²) in [4.78, 5) is 12.3. The van der Waals surface area contributed by atoms with Gasteiger partial charge < -0.3 is 9.73 Å². The highest BCUT2D eigenvalue weighted by atomic mass is 16.3. The highest BCUT2D eigenvalue weighted by Crippen LogP contribution is 2.23. The first-order chi connectivity index (χ1) is 8.84. The van der Waals surface area contributed by atoms with Crippen molar-refractivity contribution < 1.29 is 9.21 Å². The maximum atomic E-state index is 12.3. The van der Waals surface area contributed by atoms with Crippen LogP contribution in [-0.2, 0) is 0 Å². The molecule has 3 nitrogen and oxygen atoms in total. The van der Waals surface area contributed by atoms with E-state index in [1.54, 1.807) is 6.26 Å². The molecule has 0 radical (unpaired) electrons. The van der Waals surface area contributed by atoms with E-state index in [-0.39, 0.29) is 5.78 Å². The number of piperidine rings is 1. The van der Waals surface area contributed by atoms with Crippen LogP contribution >= 0.6 is 0 Å². The van der Waals surface area contributed by atoms with Gasteiger partial charge in [-0.05, 0) is 25.5 Å². The van der Waals surface area contributed by atoms with Crippen LogP contribution < -0.4 is 5.32 Å². The molecule has 0 bridgehead atoms. The predicted molar refractivity (Wildman–Crippen MR) is 70.8 cm³/mol. The van der Waals surface area contributed by atoms with Crippen LogP contribution in [0.2, 0.25) is 0 Å². The molecule has 1 fully saturated rings. The molecule has 1 aromatic heterocycles. The average Bonchev–Trinajstić information content (AvgIpc) is 2.84. The van der Waals surface area contributed by atoms with Gasteiger partial charge in [-0.15, -0.1) is 0 Å². The number of hydrogen-bond donors (Lipinski definition) is 1. The van der Waals surface area contributed by atoms with Crippen molar-refractivity contribution in [2.75, 3.05) is 6.54 Å². The largest absolute Gasteiger partial charge is 0.464 e. The number of rotatable bonds is 3. The monoisotopic (exact) mass is 243 g/mol. The van der Waals surface area contributed by atoms with Crippen molar-refractivity contribution in [1.29, 1.82) is 0 Å². The van der Waals surface area contributed by atoms with Crippen molar-refractivity contribution in [3.63, 3.8) is 0 Å². The van der Waals surface area contributed by atoms with Crippen LogP contribution in [0, 0.1) is 0 Å². The number of furan rings is 1. The summed E-state index contributed by atoms with van der Waals surface area (Å²) >= 11 is 0. The maximum Gasteiger partial charge on any atom is 0.168 e. The Morgan fingerprint density at radius 1 is 1.33 bits per heavy atom. The minimum Gasteiger partial charge on any atom is -0.464 e. The number of carbonyl (C=O) groups is 1. The Bertz CT molecular complexity index is 552. The van der Waals surface area contributed by atoms with Gasteiger partial charge in [-0.2, -0.15) is 0 Å². The first-order valence-corrected chi connectivity index (χ1v) is 6.57. The number of ketones is 1.